The van der Waals surface area contributed by atoms with Crippen LogP contribution in [0.5, 0.6) is 0 Å². The highest BCUT2D eigenvalue weighted by Crippen LogP contribution is 2.38. The summed E-state index contributed by atoms with van der Waals surface area (Å²) in [5.41, 5.74) is 13.8. The van der Waals surface area contributed by atoms with Crippen molar-refractivity contribution in [3.8, 4) is 0 Å². The Balaban J connectivity index is 1.92. The van der Waals surface area contributed by atoms with Gasteiger partial charge in [-0.25, -0.2) is 4.98 Å². The molecule has 0 radical (unpaired) electrons. The zero-order chi connectivity index (χ0) is 16.8. The number of rotatable bonds is 3. The van der Waals surface area contributed by atoms with Gasteiger partial charge in [0.25, 0.3) is 0 Å². The summed E-state index contributed by atoms with van der Waals surface area (Å²) in [7, 11) is -0.424. The van der Waals surface area contributed by atoms with E-state index in [-0.39, 0.29) is 11.2 Å². The largest absolute Gasteiger partial charge is 0.491 e. The predicted octanol–water partition coefficient (Wildman–Crippen LogP) is 2.85. The minimum Gasteiger partial charge on any atom is -0.400 e. The fourth-order valence-corrected chi connectivity index (χ4v) is 3.26. The van der Waals surface area contributed by atoms with Crippen molar-refractivity contribution in [3.63, 3.8) is 0 Å². The highest BCUT2D eigenvalue weighted by molar-refractivity contribution is 7.22. The van der Waals surface area contributed by atoms with E-state index in [1.165, 1.54) is 11.3 Å². The second kappa shape index (κ2) is 5.59. The van der Waals surface area contributed by atoms with Crippen molar-refractivity contribution in [2.45, 2.75) is 38.9 Å². The average Bonchev–Trinajstić information content (AvgIpc) is 2.91. The van der Waals surface area contributed by atoms with Crippen LogP contribution in [0.3, 0.4) is 0 Å². The number of aromatic nitrogens is 1. The third-order valence-electron chi connectivity index (χ3n) is 4.57. The molecular weight excluding hydrogens is 309 g/mol. The van der Waals surface area contributed by atoms with Gasteiger partial charge >= 0.3 is 7.12 Å². The van der Waals surface area contributed by atoms with Crippen molar-refractivity contribution in [1.29, 1.82) is 0 Å². The van der Waals surface area contributed by atoms with Crippen molar-refractivity contribution < 1.29 is 9.31 Å². The maximum Gasteiger partial charge on any atom is 0.491 e. The van der Waals surface area contributed by atoms with Crippen LogP contribution in [0.4, 0.5) is 5.13 Å². The second-order valence-corrected chi connectivity index (χ2v) is 7.85. The van der Waals surface area contributed by atoms with Gasteiger partial charge in [0.2, 0.25) is 0 Å². The quantitative estimate of drug-likeness (QED) is 0.845. The van der Waals surface area contributed by atoms with E-state index < -0.39 is 7.12 Å². The number of nitrogens with two attached hydrogens (primary N) is 2. The molecule has 2 heterocycles. The summed E-state index contributed by atoms with van der Waals surface area (Å²) in [5.74, 6) is 0. The summed E-state index contributed by atoms with van der Waals surface area (Å²) in [6.45, 7) is 8.51. The Morgan fingerprint density at radius 2 is 1.91 bits per heavy atom. The highest BCUT2D eigenvalue weighted by Gasteiger charge is 2.52. The number of nitrogens with zero attached hydrogens (tertiary/aromatic N) is 1. The number of fused-ring (bicyclic) bond motifs is 1. The molecule has 0 saturated carbocycles. The van der Waals surface area contributed by atoms with Crippen molar-refractivity contribution in [2.75, 3.05) is 12.3 Å². The molecule has 0 aliphatic carbocycles. The van der Waals surface area contributed by atoms with Gasteiger partial charge in [-0.15, -0.1) is 0 Å². The standard InChI is InChI=1S/C16H22BN3O2S/c1-15(2)16(3,4)22-17(21-15)11(9-18)7-10-5-6-12-13(8-10)23-14(19)20-12/h5-8H,9,18H2,1-4H3,(H2,19,20). The van der Waals surface area contributed by atoms with E-state index in [0.29, 0.717) is 11.7 Å². The van der Waals surface area contributed by atoms with Crippen LogP contribution in [0.15, 0.2) is 23.7 Å². The minimum atomic E-state index is -0.424. The number of hydrogen-bond donors (Lipinski definition) is 2. The maximum atomic E-state index is 6.08. The molecule has 23 heavy (non-hydrogen) atoms. The maximum absolute atomic E-state index is 6.08. The molecule has 1 aliphatic heterocycles. The van der Waals surface area contributed by atoms with Gasteiger partial charge in [0, 0.05) is 6.54 Å². The van der Waals surface area contributed by atoms with Crippen LogP contribution in [0, 0.1) is 0 Å². The first-order chi connectivity index (χ1) is 10.7. The molecule has 0 bridgehead atoms. The van der Waals surface area contributed by atoms with Crippen LogP contribution < -0.4 is 11.5 Å². The summed E-state index contributed by atoms with van der Waals surface area (Å²) >= 11 is 1.48. The van der Waals surface area contributed by atoms with Crippen LogP contribution in [-0.2, 0) is 9.31 Å². The molecule has 0 unspecified atom stereocenters. The Bertz CT molecular complexity index is 754. The number of thiazole rings is 1. The first-order valence-corrected chi connectivity index (χ1v) is 8.46. The normalized spacial score (nSPS) is 20.4. The van der Waals surface area contributed by atoms with E-state index >= 15 is 0 Å². The lowest BCUT2D eigenvalue weighted by molar-refractivity contribution is 0.00578. The molecular formula is C16H22BN3O2S. The summed E-state index contributed by atoms with van der Waals surface area (Å²) < 4.78 is 13.2. The van der Waals surface area contributed by atoms with Crippen molar-refractivity contribution >= 4 is 39.9 Å². The van der Waals surface area contributed by atoms with Gasteiger partial charge in [-0.05, 0) is 50.9 Å². The van der Waals surface area contributed by atoms with Crippen LogP contribution in [0.1, 0.15) is 33.3 Å². The topological polar surface area (TPSA) is 83.4 Å². The summed E-state index contributed by atoms with van der Waals surface area (Å²) in [6.07, 6.45) is 2.03. The fourth-order valence-electron chi connectivity index (χ4n) is 2.48. The Morgan fingerprint density at radius 3 is 2.52 bits per heavy atom. The monoisotopic (exact) mass is 331 g/mol. The van der Waals surface area contributed by atoms with Crippen LogP contribution in [-0.4, -0.2) is 29.8 Å². The minimum absolute atomic E-state index is 0.373. The van der Waals surface area contributed by atoms with E-state index in [4.69, 9.17) is 20.8 Å². The zero-order valence-corrected chi connectivity index (χ0v) is 14.7. The van der Waals surface area contributed by atoms with Crippen LogP contribution in [0.2, 0.25) is 0 Å². The molecule has 3 rings (SSSR count). The first kappa shape index (κ1) is 16.5. The Kier molecular flexibility index (Phi) is 4.00. The summed E-state index contributed by atoms with van der Waals surface area (Å²) in [4.78, 5) is 4.27. The lowest BCUT2D eigenvalue weighted by Crippen LogP contribution is -2.41. The average molecular weight is 331 g/mol. The molecule has 1 saturated heterocycles. The van der Waals surface area contributed by atoms with Gasteiger partial charge in [-0.3, -0.25) is 0 Å². The molecule has 4 N–H and O–H groups in total. The molecule has 1 aromatic carbocycles. The Labute approximate surface area is 140 Å². The fraction of sp³-hybridized carbons (Fsp3) is 0.438. The third-order valence-corrected chi connectivity index (χ3v) is 5.42. The molecule has 0 spiro atoms. The van der Waals surface area contributed by atoms with Gasteiger partial charge in [0.15, 0.2) is 5.13 Å². The molecule has 2 aromatic rings. The van der Waals surface area contributed by atoms with Gasteiger partial charge < -0.3 is 20.8 Å². The second-order valence-electron chi connectivity index (χ2n) is 6.79. The molecule has 1 aromatic heterocycles. The molecule has 0 amide bonds. The summed E-state index contributed by atoms with van der Waals surface area (Å²) in [5, 5.41) is 0.575. The predicted molar refractivity (Wildman–Crippen MR) is 97.1 cm³/mol. The van der Waals surface area contributed by atoms with E-state index in [9.17, 15) is 0 Å². The van der Waals surface area contributed by atoms with Gasteiger partial charge in [0.1, 0.15) is 0 Å². The van der Waals surface area contributed by atoms with E-state index in [2.05, 4.69) is 11.1 Å². The van der Waals surface area contributed by atoms with E-state index in [1.807, 2.05) is 45.9 Å². The Hall–Kier alpha value is -1.41. The molecule has 1 fully saturated rings. The van der Waals surface area contributed by atoms with E-state index in [0.717, 1.165) is 21.3 Å². The van der Waals surface area contributed by atoms with Gasteiger partial charge in [-0.1, -0.05) is 23.5 Å². The first-order valence-electron chi connectivity index (χ1n) is 7.64. The lowest BCUT2D eigenvalue weighted by atomic mass is 9.77. The third kappa shape index (κ3) is 3.02. The number of anilines is 1. The highest BCUT2D eigenvalue weighted by atomic mass is 32.1. The van der Waals surface area contributed by atoms with Crippen molar-refractivity contribution in [2.24, 2.45) is 5.73 Å². The SMILES string of the molecule is CC1(C)OB(C(=Cc2ccc3nc(N)sc3c2)CN)OC1(C)C. The van der Waals surface area contributed by atoms with Crippen LogP contribution in [0.25, 0.3) is 16.3 Å². The van der Waals surface area contributed by atoms with E-state index in [1.54, 1.807) is 0 Å². The molecule has 7 heteroatoms. The lowest BCUT2D eigenvalue weighted by Gasteiger charge is -2.32. The molecule has 1 aliphatic rings. The van der Waals surface area contributed by atoms with Crippen LogP contribution >= 0.6 is 11.3 Å². The van der Waals surface area contributed by atoms with Crippen molar-refractivity contribution in [3.05, 3.63) is 29.2 Å². The smallest absolute Gasteiger partial charge is 0.400 e. The zero-order valence-electron chi connectivity index (χ0n) is 13.9. The number of nitrogen functional groups attached to an aromatic ring is 1. The van der Waals surface area contributed by atoms with Gasteiger partial charge in [-0.2, -0.15) is 0 Å². The Morgan fingerprint density at radius 1 is 1.26 bits per heavy atom. The molecule has 122 valence electrons. The van der Waals surface area contributed by atoms with Gasteiger partial charge in [0.05, 0.1) is 21.4 Å². The summed E-state index contributed by atoms with van der Waals surface area (Å²) in [6, 6.07) is 6.03. The molecule has 5 nitrogen and oxygen atoms in total. The van der Waals surface area contributed by atoms with Crippen molar-refractivity contribution in [1.82, 2.24) is 4.98 Å². The number of benzene rings is 1. The number of hydrogen-bond acceptors (Lipinski definition) is 6. The molecule has 0 atom stereocenters.